The minimum absolute atomic E-state index is 0.157. The number of aromatic nitrogens is 4. The first kappa shape index (κ1) is 16.7. The standard InChI is InChI=1S/C18H19N5O2S/c24-17-15(4-1-5-20-17)18(25)23-7-2-3-13(9-23)16-19-6-8-22(16)10-14-11-26-12-21-14/h1,4-6,8,11-13H,2-3,7,9-10H2,(H,20,24)/t13-/m0/s1. The third-order valence-electron chi connectivity index (χ3n) is 4.69. The zero-order valence-corrected chi connectivity index (χ0v) is 15.0. The molecule has 1 saturated heterocycles. The summed E-state index contributed by atoms with van der Waals surface area (Å²) < 4.78 is 2.10. The van der Waals surface area contributed by atoms with Gasteiger partial charge in [0.25, 0.3) is 11.5 Å². The Morgan fingerprint density at radius 1 is 1.38 bits per heavy atom. The molecule has 1 N–H and O–H groups in total. The van der Waals surface area contributed by atoms with Gasteiger partial charge in [-0.15, -0.1) is 11.3 Å². The van der Waals surface area contributed by atoms with Crippen LogP contribution in [0.3, 0.4) is 0 Å². The average molecular weight is 369 g/mol. The van der Waals surface area contributed by atoms with Gasteiger partial charge in [-0.25, -0.2) is 9.97 Å². The molecule has 3 aromatic rings. The fourth-order valence-electron chi connectivity index (χ4n) is 3.44. The summed E-state index contributed by atoms with van der Waals surface area (Å²) in [5, 5.41) is 2.03. The Labute approximate surface area is 154 Å². The summed E-state index contributed by atoms with van der Waals surface area (Å²) in [6.45, 7) is 1.92. The van der Waals surface area contributed by atoms with Gasteiger partial charge in [-0.2, -0.15) is 0 Å². The van der Waals surface area contributed by atoms with Crippen LogP contribution in [-0.2, 0) is 6.54 Å². The first-order valence-corrected chi connectivity index (χ1v) is 9.51. The zero-order chi connectivity index (χ0) is 17.9. The van der Waals surface area contributed by atoms with Crippen molar-refractivity contribution in [2.45, 2.75) is 25.3 Å². The smallest absolute Gasteiger partial charge is 0.260 e. The minimum Gasteiger partial charge on any atom is -0.338 e. The highest BCUT2D eigenvalue weighted by molar-refractivity contribution is 7.07. The molecular weight excluding hydrogens is 350 g/mol. The van der Waals surface area contributed by atoms with E-state index in [0.29, 0.717) is 19.6 Å². The van der Waals surface area contributed by atoms with Gasteiger partial charge in [0, 0.05) is 43.0 Å². The van der Waals surface area contributed by atoms with Gasteiger partial charge in [-0.05, 0) is 25.0 Å². The SMILES string of the molecule is O=C(c1ccc[nH]c1=O)N1CCC[C@H](c2nccn2Cc2cscn2)C1. The number of aromatic amines is 1. The van der Waals surface area contributed by atoms with Crippen LogP contribution in [0.5, 0.6) is 0 Å². The summed E-state index contributed by atoms with van der Waals surface area (Å²) in [5.41, 5.74) is 2.68. The second kappa shape index (κ2) is 7.25. The first-order valence-electron chi connectivity index (χ1n) is 8.57. The lowest BCUT2D eigenvalue weighted by Gasteiger charge is -2.32. The highest BCUT2D eigenvalue weighted by Crippen LogP contribution is 2.27. The van der Waals surface area contributed by atoms with Gasteiger partial charge in [-0.1, -0.05) is 0 Å². The lowest BCUT2D eigenvalue weighted by molar-refractivity contribution is 0.0701. The summed E-state index contributed by atoms with van der Waals surface area (Å²) in [6, 6.07) is 3.25. The van der Waals surface area contributed by atoms with Crippen LogP contribution in [0.25, 0.3) is 0 Å². The van der Waals surface area contributed by atoms with Crippen LogP contribution in [0.4, 0.5) is 0 Å². The second-order valence-electron chi connectivity index (χ2n) is 6.40. The Hall–Kier alpha value is -2.74. The number of carbonyl (C=O) groups excluding carboxylic acids is 1. The van der Waals surface area contributed by atoms with Gasteiger partial charge >= 0.3 is 0 Å². The van der Waals surface area contributed by atoms with E-state index >= 15 is 0 Å². The number of rotatable bonds is 4. The van der Waals surface area contributed by atoms with Crippen molar-refractivity contribution in [3.63, 3.8) is 0 Å². The summed E-state index contributed by atoms with van der Waals surface area (Å²) >= 11 is 1.58. The Kier molecular flexibility index (Phi) is 4.66. The quantitative estimate of drug-likeness (QED) is 0.763. The van der Waals surface area contributed by atoms with Crippen LogP contribution < -0.4 is 5.56 Å². The molecule has 0 saturated carbocycles. The number of nitrogens with zero attached hydrogens (tertiary/aromatic N) is 4. The second-order valence-corrected chi connectivity index (χ2v) is 7.12. The Bertz CT molecular complexity index is 946. The van der Waals surface area contributed by atoms with E-state index in [-0.39, 0.29) is 22.9 Å². The largest absolute Gasteiger partial charge is 0.338 e. The van der Waals surface area contributed by atoms with E-state index in [4.69, 9.17) is 0 Å². The van der Waals surface area contributed by atoms with Crippen LogP contribution in [0.2, 0.25) is 0 Å². The molecule has 4 heterocycles. The van der Waals surface area contributed by atoms with Gasteiger partial charge in [0.05, 0.1) is 17.7 Å². The number of thiazole rings is 1. The van der Waals surface area contributed by atoms with Crippen molar-refractivity contribution < 1.29 is 4.79 Å². The highest BCUT2D eigenvalue weighted by atomic mass is 32.1. The Balaban J connectivity index is 1.53. The molecule has 0 spiro atoms. The number of likely N-dealkylation sites (tertiary alicyclic amines) is 1. The molecule has 0 aromatic carbocycles. The lowest BCUT2D eigenvalue weighted by Crippen LogP contribution is -2.41. The average Bonchev–Trinajstić information content (AvgIpc) is 3.34. The first-order chi connectivity index (χ1) is 12.7. The van der Waals surface area contributed by atoms with E-state index in [1.165, 1.54) is 6.20 Å². The molecule has 0 radical (unpaired) electrons. The third kappa shape index (κ3) is 3.32. The molecule has 1 aliphatic heterocycles. The normalized spacial score (nSPS) is 17.4. The van der Waals surface area contributed by atoms with Crippen molar-refractivity contribution >= 4 is 17.2 Å². The van der Waals surface area contributed by atoms with Gasteiger partial charge in [-0.3, -0.25) is 9.59 Å². The molecule has 3 aromatic heterocycles. The Morgan fingerprint density at radius 3 is 3.12 bits per heavy atom. The zero-order valence-electron chi connectivity index (χ0n) is 14.2. The van der Waals surface area contributed by atoms with Crippen LogP contribution in [0.1, 0.15) is 40.6 Å². The molecule has 1 fully saturated rings. The Morgan fingerprint density at radius 2 is 2.31 bits per heavy atom. The number of hydrogen-bond acceptors (Lipinski definition) is 5. The number of amides is 1. The summed E-state index contributed by atoms with van der Waals surface area (Å²) in [7, 11) is 0. The molecule has 0 unspecified atom stereocenters. The van der Waals surface area contributed by atoms with E-state index < -0.39 is 0 Å². The number of imidazole rings is 1. The monoisotopic (exact) mass is 369 g/mol. The van der Waals surface area contributed by atoms with Gasteiger partial charge < -0.3 is 14.5 Å². The molecule has 0 bridgehead atoms. The van der Waals surface area contributed by atoms with Crippen LogP contribution in [0, 0.1) is 0 Å². The summed E-state index contributed by atoms with van der Waals surface area (Å²) in [6.07, 6.45) is 7.16. The number of H-pyrrole nitrogens is 1. The number of carbonyl (C=O) groups is 1. The van der Waals surface area contributed by atoms with Crippen molar-refractivity contribution in [2.24, 2.45) is 0 Å². The highest BCUT2D eigenvalue weighted by Gasteiger charge is 2.29. The molecule has 1 amide bonds. The van der Waals surface area contributed by atoms with E-state index in [9.17, 15) is 9.59 Å². The van der Waals surface area contributed by atoms with Crippen molar-refractivity contribution in [1.82, 2.24) is 24.4 Å². The fourth-order valence-corrected chi connectivity index (χ4v) is 3.99. The fraction of sp³-hybridized carbons (Fsp3) is 0.333. The van der Waals surface area contributed by atoms with Gasteiger partial charge in [0.1, 0.15) is 11.4 Å². The maximum atomic E-state index is 12.7. The predicted molar refractivity (Wildman–Crippen MR) is 98.4 cm³/mol. The van der Waals surface area contributed by atoms with Crippen LogP contribution in [-0.4, -0.2) is 43.4 Å². The number of piperidine rings is 1. The van der Waals surface area contributed by atoms with Crippen LogP contribution >= 0.6 is 11.3 Å². The van der Waals surface area contributed by atoms with Crippen molar-refractivity contribution in [3.8, 4) is 0 Å². The molecule has 1 aliphatic rings. The number of nitrogens with one attached hydrogen (secondary N) is 1. The molecule has 1 atom stereocenters. The number of pyridine rings is 1. The molecular formula is C18H19N5O2S. The van der Waals surface area contributed by atoms with E-state index in [1.807, 2.05) is 17.1 Å². The maximum Gasteiger partial charge on any atom is 0.260 e. The topological polar surface area (TPSA) is 83.9 Å². The minimum atomic E-state index is -0.343. The lowest BCUT2D eigenvalue weighted by atomic mass is 9.96. The van der Waals surface area contributed by atoms with Crippen LogP contribution in [0.15, 0.2) is 46.4 Å². The molecule has 26 heavy (non-hydrogen) atoms. The van der Waals surface area contributed by atoms with Crippen molar-refractivity contribution in [1.29, 1.82) is 0 Å². The van der Waals surface area contributed by atoms with Crippen molar-refractivity contribution in [2.75, 3.05) is 13.1 Å². The number of hydrogen-bond donors (Lipinski definition) is 1. The van der Waals surface area contributed by atoms with Gasteiger partial charge in [0.2, 0.25) is 0 Å². The van der Waals surface area contributed by atoms with E-state index in [1.54, 1.807) is 34.6 Å². The predicted octanol–water partition coefficient (Wildman–Crippen LogP) is 2.10. The molecule has 134 valence electrons. The van der Waals surface area contributed by atoms with E-state index in [2.05, 4.69) is 19.5 Å². The molecule has 8 heteroatoms. The molecule has 4 rings (SSSR count). The molecule has 0 aliphatic carbocycles. The summed E-state index contributed by atoms with van der Waals surface area (Å²) in [4.78, 5) is 37.9. The van der Waals surface area contributed by atoms with Gasteiger partial charge in [0.15, 0.2) is 0 Å². The summed E-state index contributed by atoms with van der Waals surface area (Å²) in [5.74, 6) is 0.913. The van der Waals surface area contributed by atoms with E-state index in [0.717, 1.165) is 24.4 Å². The maximum absolute atomic E-state index is 12.7. The van der Waals surface area contributed by atoms with Crippen molar-refractivity contribution in [3.05, 3.63) is 69.0 Å². The molecule has 7 nitrogen and oxygen atoms in total. The third-order valence-corrected chi connectivity index (χ3v) is 5.32.